The Bertz CT molecular complexity index is 662. The third kappa shape index (κ3) is 3.88. The lowest BCUT2D eigenvalue weighted by molar-refractivity contribution is 0.262. The van der Waals surface area contributed by atoms with Crippen LogP contribution >= 0.6 is 39.1 Å². The van der Waals surface area contributed by atoms with E-state index in [1.807, 2.05) is 13.0 Å². The van der Waals surface area contributed by atoms with Gasteiger partial charge < -0.3 is 10.6 Å². The first-order valence-corrected chi connectivity index (χ1v) is 7.30. The van der Waals surface area contributed by atoms with Gasteiger partial charge in [0.2, 0.25) is 0 Å². The normalized spacial score (nSPS) is 10.2. The van der Waals surface area contributed by atoms with Crippen molar-refractivity contribution in [2.45, 2.75) is 6.92 Å². The van der Waals surface area contributed by atoms with Gasteiger partial charge in [0.25, 0.3) is 0 Å². The third-order valence-electron chi connectivity index (χ3n) is 2.61. The minimum Gasteiger partial charge on any atom is -0.308 e. The van der Waals surface area contributed by atoms with Crippen molar-refractivity contribution in [1.29, 1.82) is 0 Å². The Labute approximate surface area is 135 Å². The van der Waals surface area contributed by atoms with Gasteiger partial charge >= 0.3 is 6.03 Å². The van der Waals surface area contributed by atoms with E-state index in [9.17, 15) is 4.79 Å². The average Bonchev–Trinajstić information content (AvgIpc) is 2.38. The lowest BCUT2D eigenvalue weighted by Gasteiger charge is -2.10. The van der Waals surface area contributed by atoms with Gasteiger partial charge in [-0.1, -0.05) is 45.2 Å². The highest BCUT2D eigenvalue weighted by Gasteiger charge is 2.07. The Hall–Kier alpha value is -1.23. The number of carbonyl (C=O) groups excluding carboxylic acids is 1. The van der Waals surface area contributed by atoms with Gasteiger partial charge in [0.15, 0.2) is 0 Å². The first-order chi connectivity index (χ1) is 9.45. The molecule has 0 radical (unpaired) electrons. The van der Waals surface area contributed by atoms with Gasteiger partial charge in [0, 0.05) is 15.2 Å². The van der Waals surface area contributed by atoms with Crippen LogP contribution in [0.5, 0.6) is 0 Å². The molecule has 0 atom stereocenters. The summed E-state index contributed by atoms with van der Waals surface area (Å²) in [4.78, 5) is 11.9. The molecule has 0 aliphatic heterocycles. The molecule has 2 amide bonds. The summed E-state index contributed by atoms with van der Waals surface area (Å²) in [5.74, 6) is 0. The molecule has 20 heavy (non-hydrogen) atoms. The molecule has 0 aromatic heterocycles. The summed E-state index contributed by atoms with van der Waals surface area (Å²) in [5.41, 5.74) is 2.09. The highest BCUT2D eigenvalue weighted by atomic mass is 79.9. The summed E-state index contributed by atoms with van der Waals surface area (Å²) in [6.07, 6.45) is 0. The molecule has 3 nitrogen and oxygen atoms in total. The number of aryl methyl sites for hydroxylation is 1. The van der Waals surface area contributed by atoms with Crippen LogP contribution in [0.3, 0.4) is 0 Å². The van der Waals surface area contributed by atoms with Crippen LogP contribution in [0.25, 0.3) is 0 Å². The molecule has 0 unspecified atom stereocenters. The second-order valence-corrected chi connectivity index (χ2v) is 5.90. The number of amides is 2. The van der Waals surface area contributed by atoms with Gasteiger partial charge in [-0.3, -0.25) is 0 Å². The van der Waals surface area contributed by atoms with Crippen LogP contribution in [0.2, 0.25) is 10.0 Å². The highest BCUT2D eigenvalue weighted by Crippen LogP contribution is 2.26. The number of benzene rings is 2. The van der Waals surface area contributed by atoms with Crippen LogP contribution < -0.4 is 10.6 Å². The summed E-state index contributed by atoms with van der Waals surface area (Å²) in [6, 6.07) is 10.1. The van der Waals surface area contributed by atoms with Gasteiger partial charge in [0.1, 0.15) is 0 Å². The van der Waals surface area contributed by atoms with Crippen molar-refractivity contribution < 1.29 is 4.79 Å². The van der Waals surface area contributed by atoms with E-state index in [1.54, 1.807) is 30.3 Å². The second-order valence-electron chi connectivity index (χ2n) is 4.17. The van der Waals surface area contributed by atoms with E-state index in [4.69, 9.17) is 23.2 Å². The molecule has 0 heterocycles. The smallest absolute Gasteiger partial charge is 0.308 e. The van der Waals surface area contributed by atoms with Crippen molar-refractivity contribution in [3.63, 3.8) is 0 Å². The molecular weight excluding hydrogens is 363 g/mol. The summed E-state index contributed by atoms with van der Waals surface area (Å²) in [7, 11) is 0. The maximum atomic E-state index is 11.9. The van der Waals surface area contributed by atoms with E-state index in [1.165, 1.54) is 0 Å². The predicted octanol–water partition coefficient (Wildman–Crippen LogP) is 5.71. The molecule has 0 saturated heterocycles. The zero-order chi connectivity index (χ0) is 14.7. The fraction of sp³-hybridized carbons (Fsp3) is 0.0714. The minimum absolute atomic E-state index is 0.384. The molecule has 0 spiro atoms. The first-order valence-electron chi connectivity index (χ1n) is 5.75. The van der Waals surface area contributed by atoms with E-state index in [0.29, 0.717) is 21.4 Å². The van der Waals surface area contributed by atoms with E-state index in [0.717, 1.165) is 10.0 Å². The highest BCUT2D eigenvalue weighted by molar-refractivity contribution is 9.10. The molecule has 2 N–H and O–H groups in total. The minimum atomic E-state index is -0.384. The van der Waals surface area contributed by atoms with Crippen LogP contribution in [0, 0.1) is 6.92 Å². The molecule has 2 aromatic carbocycles. The molecular formula is C14H11BrCl2N2O. The summed E-state index contributed by atoms with van der Waals surface area (Å²) in [5, 5.41) is 6.44. The Balaban J connectivity index is 2.09. The zero-order valence-electron chi connectivity index (χ0n) is 10.5. The van der Waals surface area contributed by atoms with Crippen molar-refractivity contribution >= 4 is 56.5 Å². The number of anilines is 2. The van der Waals surface area contributed by atoms with E-state index in [2.05, 4.69) is 26.6 Å². The first kappa shape index (κ1) is 15.2. The number of hydrogen-bond acceptors (Lipinski definition) is 1. The Morgan fingerprint density at radius 1 is 1.05 bits per heavy atom. The Morgan fingerprint density at radius 3 is 2.50 bits per heavy atom. The van der Waals surface area contributed by atoms with Crippen LogP contribution in [0.1, 0.15) is 5.56 Å². The van der Waals surface area contributed by atoms with Crippen LogP contribution in [-0.2, 0) is 0 Å². The van der Waals surface area contributed by atoms with Crippen LogP contribution in [-0.4, -0.2) is 6.03 Å². The van der Waals surface area contributed by atoms with Gasteiger partial charge in [-0.25, -0.2) is 4.79 Å². The SMILES string of the molecule is Cc1ccc(NC(=O)Nc2cc(Br)ccc2Cl)cc1Cl. The van der Waals surface area contributed by atoms with E-state index < -0.39 is 0 Å². The van der Waals surface area contributed by atoms with Crippen molar-refractivity contribution in [2.75, 3.05) is 10.6 Å². The number of rotatable bonds is 2. The maximum absolute atomic E-state index is 11.9. The number of urea groups is 1. The van der Waals surface area contributed by atoms with Gasteiger partial charge in [-0.2, -0.15) is 0 Å². The quantitative estimate of drug-likeness (QED) is 0.695. The lowest BCUT2D eigenvalue weighted by atomic mass is 10.2. The van der Waals surface area contributed by atoms with Gasteiger partial charge in [0.05, 0.1) is 10.7 Å². The van der Waals surface area contributed by atoms with Crippen molar-refractivity contribution in [1.82, 2.24) is 0 Å². The molecule has 6 heteroatoms. The molecule has 0 aliphatic rings. The zero-order valence-corrected chi connectivity index (χ0v) is 13.6. The molecule has 2 aromatic rings. The molecule has 0 aliphatic carbocycles. The standard InChI is InChI=1S/C14H11BrCl2N2O/c1-8-2-4-10(7-12(8)17)18-14(20)19-13-6-9(15)3-5-11(13)16/h2-7H,1H3,(H2,18,19,20). The Morgan fingerprint density at radius 2 is 1.80 bits per heavy atom. The van der Waals surface area contributed by atoms with E-state index >= 15 is 0 Å². The molecule has 0 saturated carbocycles. The number of hydrogen-bond donors (Lipinski definition) is 2. The van der Waals surface area contributed by atoms with E-state index in [-0.39, 0.29) is 6.03 Å². The van der Waals surface area contributed by atoms with Crippen molar-refractivity contribution in [2.24, 2.45) is 0 Å². The summed E-state index contributed by atoms with van der Waals surface area (Å²) >= 11 is 15.3. The average molecular weight is 374 g/mol. The molecule has 0 bridgehead atoms. The van der Waals surface area contributed by atoms with Crippen molar-refractivity contribution in [3.05, 3.63) is 56.5 Å². The van der Waals surface area contributed by atoms with Crippen LogP contribution in [0.15, 0.2) is 40.9 Å². The topological polar surface area (TPSA) is 41.1 Å². The number of halogens is 3. The molecule has 0 fully saturated rings. The number of carbonyl (C=O) groups is 1. The van der Waals surface area contributed by atoms with Gasteiger partial charge in [-0.05, 0) is 42.8 Å². The maximum Gasteiger partial charge on any atom is 0.323 e. The predicted molar refractivity (Wildman–Crippen MR) is 88.0 cm³/mol. The largest absolute Gasteiger partial charge is 0.323 e. The van der Waals surface area contributed by atoms with Gasteiger partial charge in [-0.15, -0.1) is 0 Å². The third-order valence-corrected chi connectivity index (χ3v) is 3.84. The molecule has 104 valence electrons. The monoisotopic (exact) mass is 372 g/mol. The fourth-order valence-electron chi connectivity index (χ4n) is 1.55. The summed E-state index contributed by atoms with van der Waals surface area (Å²) < 4.78 is 0.829. The number of nitrogens with one attached hydrogen (secondary N) is 2. The van der Waals surface area contributed by atoms with Crippen LogP contribution in [0.4, 0.5) is 16.2 Å². The fourth-order valence-corrected chi connectivity index (χ4v) is 2.25. The van der Waals surface area contributed by atoms with Crippen molar-refractivity contribution in [3.8, 4) is 0 Å². The second kappa shape index (κ2) is 6.48. The lowest BCUT2D eigenvalue weighted by Crippen LogP contribution is -2.19. The Kier molecular flexibility index (Phi) is 4.91. The molecule has 2 rings (SSSR count). The summed E-state index contributed by atoms with van der Waals surface area (Å²) in [6.45, 7) is 1.90.